The highest BCUT2D eigenvalue weighted by Crippen LogP contribution is 2.31. The van der Waals surface area contributed by atoms with Gasteiger partial charge in [-0.3, -0.25) is 4.40 Å². The summed E-state index contributed by atoms with van der Waals surface area (Å²) in [4.78, 5) is 12.7. The number of hydrogen-bond acceptors (Lipinski definition) is 6. The van der Waals surface area contributed by atoms with Crippen LogP contribution in [-0.4, -0.2) is 30.5 Å². The van der Waals surface area contributed by atoms with E-state index in [-0.39, 0.29) is 18.1 Å². The predicted molar refractivity (Wildman–Crippen MR) is 97.7 cm³/mol. The molecule has 8 nitrogen and oxygen atoms in total. The Balaban J connectivity index is 1.55. The predicted octanol–water partition coefficient (Wildman–Crippen LogP) is 2.47. The highest BCUT2D eigenvalue weighted by Gasteiger charge is 2.20. The zero-order valence-electron chi connectivity index (χ0n) is 14.6. The van der Waals surface area contributed by atoms with E-state index in [1.54, 1.807) is 40.0 Å². The Kier molecular flexibility index (Phi) is 3.69. The topological polar surface area (TPSA) is 93.1 Å². The molecule has 1 aliphatic rings. The molecule has 9 heteroatoms. The molecule has 1 N–H and O–H groups in total. The van der Waals surface area contributed by atoms with Crippen LogP contribution in [0.5, 0.6) is 5.75 Å². The Hall–Kier alpha value is -3.93. The SMILES string of the molecule is N#Cc1ncn2c(NCc3c(F)ccc4c3CCO4)ncc(-n3ccnc3)c12. The van der Waals surface area contributed by atoms with Crippen molar-refractivity contribution in [2.24, 2.45) is 0 Å². The maximum absolute atomic E-state index is 14.4. The van der Waals surface area contributed by atoms with Crippen LogP contribution in [0.15, 0.2) is 43.4 Å². The molecule has 0 radical (unpaired) electrons. The number of ether oxygens (including phenoxy) is 1. The van der Waals surface area contributed by atoms with Crippen molar-refractivity contribution < 1.29 is 9.13 Å². The standard InChI is InChI=1S/C19H14FN7O/c20-14-1-2-17-12(3-6-28-17)13(14)8-23-19-24-9-16(26-5-4-22-10-26)18-15(7-21)25-11-27(18)19/h1-2,4-5,9-11H,3,6,8H2,(H,23,24). The molecule has 0 bridgehead atoms. The van der Waals surface area contributed by atoms with Crippen LogP contribution in [0.25, 0.3) is 11.2 Å². The van der Waals surface area contributed by atoms with Gasteiger partial charge in [0.2, 0.25) is 5.95 Å². The third-order valence-electron chi connectivity index (χ3n) is 4.80. The van der Waals surface area contributed by atoms with E-state index in [2.05, 4.69) is 26.3 Å². The summed E-state index contributed by atoms with van der Waals surface area (Å²) in [7, 11) is 0. The van der Waals surface area contributed by atoms with Crippen molar-refractivity contribution in [2.75, 3.05) is 11.9 Å². The normalized spacial score (nSPS) is 12.6. The van der Waals surface area contributed by atoms with Crippen LogP contribution in [0, 0.1) is 17.1 Å². The van der Waals surface area contributed by atoms with Crippen molar-refractivity contribution in [3.8, 4) is 17.5 Å². The summed E-state index contributed by atoms with van der Waals surface area (Å²) in [5.74, 6) is 0.899. The molecule has 0 atom stereocenters. The lowest BCUT2D eigenvalue weighted by Gasteiger charge is -2.13. The van der Waals surface area contributed by atoms with Gasteiger partial charge in [0.25, 0.3) is 0 Å². The summed E-state index contributed by atoms with van der Waals surface area (Å²) < 4.78 is 23.3. The Labute approximate surface area is 158 Å². The maximum Gasteiger partial charge on any atom is 0.209 e. The number of fused-ring (bicyclic) bond motifs is 2. The second kappa shape index (κ2) is 6.35. The summed E-state index contributed by atoms with van der Waals surface area (Å²) in [5.41, 5.74) is 2.98. The first-order chi connectivity index (χ1) is 13.8. The fourth-order valence-corrected chi connectivity index (χ4v) is 3.48. The molecule has 4 heterocycles. The molecule has 0 unspecified atom stereocenters. The number of halogens is 1. The summed E-state index contributed by atoms with van der Waals surface area (Å²) in [6.45, 7) is 0.798. The second-order valence-corrected chi connectivity index (χ2v) is 6.32. The number of hydrogen-bond donors (Lipinski definition) is 1. The minimum atomic E-state index is -0.286. The minimum absolute atomic E-state index is 0.241. The van der Waals surface area contributed by atoms with Gasteiger partial charge in [-0.25, -0.2) is 19.3 Å². The molecular formula is C19H14FN7O. The fourth-order valence-electron chi connectivity index (χ4n) is 3.48. The van der Waals surface area contributed by atoms with Crippen molar-refractivity contribution in [3.05, 3.63) is 66.0 Å². The lowest BCUT2D eigenvalue weighted by Crippen LogP contribution is -2.10. The molecule has 0 spiro atoms. The van der Waals surface area contributed by atoms with Gasteiger partial charge in [-0.05, 0) is 12.1 Å². The molecule has 0 amide bonds. The van der Waals surface area contributed by atoms with Crippen LogP contribution < -0.4 is 10.1 Å². The van der Waals surface area contributed by atoms with Crippen molar-refractivity contribution >= 4 is 11.5 Å². The van der Waals surface area contributed by atoms with Gasteiger partial charge in [0.1, 0.15) is 29.5 Å². The molecule has 0 aliphatic carbocycles. The molecular weight excluding hydrogens is 361 g/mol. The van der Waals surface area contributed by atoms with E-state index in [0.717, 1.165) is 11.3 Å². The van der Waals surface area contributed by atoms with Crippen molar-refractivity contribution in [1.29, 1.82) is 5.26 Å². The maximum atomic E-state index is 14.4. The first-order valence-electron chi connectivity index (χ1n) is 8.67. The minimum Gasteiger partial charge on any atom is -0.493 e. The van der Waals surface area contributed by atoms with Gasteiger partial charge in [0.05, 0.1) is 24.8 Å². The zero-order chi connectivity index (χ0) is 19.1. The molecule has 28 heavy (non-hydrogen) atoms. The van der Waals surface area contributed by atoms with Gasteiger partial charge in [-0.2, -0.15) is 5.26 Å². The molecule has 0 saturated carbocycles. The Morgan fingerprint density at radius 1 is 1.29 bits per heavy atom. The average Bonchev–Trinajstić information content (AvgIpc) is 3.46. The third kappa shape index (κ3) is 2.46. The lowest BCUT2D eigenvalue weighted by molar-refractivity contribution is 0.356. The van der Waals surface area contributed by atoms with Crippen LogP contribution >= 0.6 is 0 Å². The largest absolute Gasteiger partial charge is 0.493 e. The van der Waals surface area contributed by atoms with Gasteiger partial charge in [0, 0.05) is 36.5 Å². The van der Waals surface area contributed by atoms with Gasteiger partial charge in [-0.1, -0.05) is 0 Å². The number of rotatable bonds is 4. The number of benzene rings is 1. The van der Waals surface area contributed by atoms with E-state index in [1.807, 2.05) is 0 Å². The zero-order valence-corrected chi connectivity index (χ0v) is 14.6. The Morgan fingerprint density at radius 2 is 2.21 bits per heavy atom. The van der Waals surface area contributed by atoms with Crippen molar-refractivity contribution in [2.45, 2.75) is 13.0 Å². The number of aromatic nitrogens is 5. The van der Waals surface area contributed by atoms with Gasteiger partial charge < -0.3 is 14.6 Å². The van der Waals surface area contributed by atoms with E-state index >= 15 is 0 Å². The number of nitrogens with one attached hydrogen (secondary N) is 1. The quantitative estimate of drug-likeness (QED) is 0.589. The van der Waals surface area contributed by atoms with Gasteiger partial charge in [-0.15, -0.1) is 0 Å². The molecule has 4 aromatic rings. The van der Waals surface area contributed by atoms with E-state index < -0.39 is 0 Å². The van der Waals surface area contributed by atoms with Crippen LogP contribution in [0.2, 0.25) is 0 Å². The number of imidazole rings is 2. The molecule has 0 fully saturated rings. The van der Waals surface area contributed by atoms with Crippen molar-refractivity contribution in [3.63, 3.8) is 0 Å². The summed E-state index contributed by atoms with van der Waals surface area (Å²) in [6.07, 6.45) is 8.87. The van der Waals surface area contributed by atoms with Crippen LogP contribution in [0.3, 0.4) is 0 Å². The molecule has 1 aromatic carbocycles. The van der Waals surface area contributed by atoms with E-state index in [4.69, 9.17) is 4.74 Å². The smallest absolute Gasteiger partial charge is 0.209 e. The number of nitriles is 1. The number of nitrogens with zero attached hydrogens (tertiary/aromatic N) is 6. The molecule has 1 aliphatic heterocycles. The fraction of sp³-hybridized carbons (Fsp3) is 0.158. The first-order valence-corrected chi connectivity index (χ1v) is 8.67. The summed E-state index contributed by atoms with van der Waals surface area (Å²) in [6, 6.07) is 5.17. The van der Waals surface area contributed by atoms with Gasteiger partial charge >= 0.3 is 0 Å². The Morgan fingerprint density at radius 3 is 3.04 bits per heavy atom. The summed E-state index contributed by atoms with van der Waals surface area (Å²) in [5, 5.41) is 12.6. The molecule has 5 rings (SSSR count). The monoisotopic (exact) mass is 375 g/mol. The molecule has 138 valence electrons. The third-order valence-corrected chi connectivity index (χ3v) is 4.80. The lowest BCUT2D eigenvalue weighted by atomic mass is 10.0. The van der Waals surface area contributed by atoms with E-state index in [1.165, 1.54) is 12.4 Å². The van der Waals surface area contributed by atoms with E-state index in [9.17, 15) is 9.65 Å². The summed E-state index contributed by atoms with van der Waals surface area (Å²) >= 11 is 0. The van der Waals surface area contributed by atoms with Crippen molar-refractivity contribution in [1.82, 2.24) is 23.9 Å². The van der Waals surface area contributed by atoms with Crippen LogP contribution in [-0.2, 0) is 13.0 Å². The number of anilines is 1. The van der Waals surface area contributed by atoms with Gasteiger partial charge in [0.15, 0.2) is 5.69 Å². The molecule has 0 saturated heterocycles. The second-order valence-electron chi connectivity index (χ2n) is 6.32. The van der Waals surface area contributed by atoms with Crippen LogP contribution in [0.4, 0.5) is 10.3 Å². The average molecular weight is 375 g/mol. The highest BCUT2D eigenvalue weighted by molar-refractivity contribution is 5.72. The first kappa shape index (κ1) is 16.3. The molecule has 3 aromatic heterocycles. The van der Waals surface area contributed by atoms with E-state index in [0.29, 0.717) is 35.7 Å². The van der Waals surface area contributed by atoms with Crippen LogP contribution in [0.1, 0.15) is 16.8 Å². The Bertz CT molecular complexity index is 1220. The highest BCUT2D eigenvalue weighted by atomic mass is 19.1.